The average Bonchev–Trinajstić information content (AvgIpc) is 2.95. The van der Waals surface area contributed by atoms with Crippen molar-refractivity contribution in [1.82, 2.24) is 19.9 Å². The Hall–Kier alpha value is -1.70. The van der Waals surface area contributed by atoms with E-state index in [1.165, 1.54) is 6.33 Å². The highest BCUT2D eigenvalue weighted by Gasteiger charge is 2.30. The molecule has 2 atom stereocenters. The number of aromatic nitrogens is 3. The third kappa shape index (κ3) is 2.16. The molecule has 0 radical (unpaired) electrons. The van der Waals surface area contributed by atoms with Crippen LogP contribution in [0.5, 0.6) is 0 Å². The molecule has 19 heavy (non-hydrogen) atoms. The number of likely N-dealkylation sites (tertiary alicyclic amines) is 1. The number of rotatable bonds is 3. The molecular formula is C12H16N4O3. The average molecular weight is 264 g/mol. The highest BCUT2D eigenvalue weighted by Crippen LogP contribution is 2.21. The third-order valence-electron chi connectivity index (χ3n) is 3.66. The Morgan fingerprint density at radius 1 is 1.42 bits per heavy atom. The van der Waals surface area contributed by atoms with Crippen LogP contribution in [0.25, 0.3) is 11.0 Å². The number of aliphatic hydroxyl groups is 2. The van der Waals surface area contributed by atoms with E-state index in [0.29, 0.717) is 30.7 Å². The maximum absolute atomic E-state index is 11.6. The van der Waals surface area contributed by atoms with E-state index in [9.17, 15) is 9.90 Å². The van der Waals surface area contributed by atoms with Crippen molar-refractivity contribution in [2.75, 3.05) is 19.7 Å². The third-order valence-corrected chi connectivity index (χ3v) is 3.66. The molecule has 0 aromatic carbocycles. The topological polar surface area (TPSA) is 105 Å². The normalized spacial score (nSPS) is 24.3. The molecule has 0 amide bonds. The van der Waals surface area contributed by atoms with Crippen molar-refractivity contribution in [3.8, 4) is 0 Å². The molecule has 0 spiro atoms. The molecule has 3 rings (SSSR count). The van der Waals surface area contributed by atoms with E-state index in [4.69, 9.17) is 5.11 Å². The summed E-state index contributed by atoms with van der Waals surface area (Å²) in [6.45, 7) is 1.77. The van der Waals surface area contributed by atoms with Gasteiger partial charge in [0, 0.05) is 43.9 Å². The van der Waals surface area contributed by atoms with Crippen molar-refractivity contribution < 1.29 is 10.2 Å². The number of fused-ring (bicyclic) bond motifs is 1. The minimum atomic E-state index is -0.494. The van der Waals surface area contributed by atoms with Crippen molar-refractivity contribution in [3.05, 3.63) is 28.4 Å². The summed E-state index contributed by atoms with van der Waals surface area (Å²) in [4.78, 5) is 23.2. The predicted molar refractivity (Wildman–Crippen MR) is 68.6 cm³/mol. The molecule has 2 aromatic rings. The van der Waals surface area contributed by atoms with Gasteiger partial charge in [-0.05, 0) is 0 Å². The summed E-state index contributed by atoms with van der Waals surface area (Å²) >= 11 is 0. The molecule has 1 aliphatic rings. The molecule has 1 fully saturated rings. The van der Waals surface area contributed by atoms with Crippen LogP contribution in [0.15, 0.2) is 17.3 Å². The van der Waals surface area contributed by atoms with Crippen LogP contribution in [0.4, 0.5) is 0 Å². The molecule has 3 heterocycles. The van der Waals surface area contributed by atoms with E-state index >= 15 is 0 Å². The van der Waals surface area contributed by atoms with Crippen LogP contribution >= 0.6 is 0 Å². The molecule has 0 saturated carbocycles. The first kappa shape index (κ1) is 12.3. The lowest BCUT2D eigenvalue weighted by molar-refractivity contribution is 0.103. The standard InChI is InChI=1S/C12H16N4O3/c17-5-8-3-16(4-9(8)18)2-7-1-13-11-10(7)14-6-15-12(11)19/h1,6,8-9,13,17-18H,2-5H2,(H,14,15,19)/t8-,9?/m0/s1. The van der Waals surface area contributed by atoms with E-state index in [1.54, 1.807) is 6.20 Å². The smallest absolute Gasteiger partial charge is 0.275 e. The van der Waals surface area contributed by atoms with Gasteiger partial charge in [0.1, 0.15) is 5.52 Å². The predicted octanol–water partition coefficient (Wildman–Crippen LogP) is -0.964. The summed E-state index contributed by atoms with van der Waals surface area (Å²) in [5.74, 6) is -0.0958. The number of nitrogens with zero attached hydrogens (tertiary/aromatic N) is 2. The Labute approximate surface area is 108 Å². The van der Waals surface area contributed by atoms with Gasteiger partial charge in [0.2, 0.25) is 0 Å². The van der Waals surface area contributed by atoms with Crippen LogP contribution in [0.1, 0.15) is 5.56 Å². The summed E-state index contributed by atoms with van der Waals surface area (Å²) in [6, 6.07) is 0. The highest BCUT2D eigenvalue weighted by atomic mass is 16.3. The highest BCUT2D eigenvalue weighted by molar-refractivity contribution is 5.77. The van der Waals surface area contributed by atoms with Crippen LogP contribution in [-0.2, 0) is 6.54 Å². The van der Waals surface area contributed by atoms with Gasteiger partial charge in [-0.25, -0.2) is 4.98 Å². The van der Waals surface area contributed by atoms with Crippen LogP contribution < -0.4 is 5.56 Å². The SMILES string of the molecule is O=c1[nH]cnc2c(CN3CC(O)[C@H](CO)C3)c[nH]c12. The van der Waals surface area contributed by atoms with Gasteiger partial charge < -0.3 is 20.2 Å². The van der Waals surface area contributed by atoms with Gasteiger partial charge in [-0.15, -0.1) is 0 Å². The quantitative estimate of drug-likeness (QED) is 0.571. The van der Waals surface area contributed by atoms with Crippen molar-refractivity contribution in [3.63, 3.8) is 0 Å². The zero-order valence-corrected chi connectivity index (χ0v) is 10.3. The Morgan fingerprint density at radius 2 is 2.26 bits per heavy atom. The summed E-state index contributed by atoms with van der Waals surface area (Å²) in [6.07, 6.45) is 2.66. The minimum absolute atomic E-state index is 0.0104. The fourth-order valence-electron chi connectivity index (χ4n) is 2.62. The first-order valence-corrected chi connectivity index (χ1v) is 6.24. The van der Waals surface area contributed by atoms with Crippen LogP contribution in [0.3, 0.4) is 0 Å². The number of hydrogen-bond donors (Lipinski definition) is 4. The molecule has 7 nitrogen and oxygen atoms in total. The van der Waals surface area contributed by atoms with Gasteiger partial charge in [-0.1, -0.05) is 0 Å². The summed E-state index contributed by atoms with van der Waals surface area (Å²) in [7, 11) is 0. The summed E-state index contributed by atoms with van der Waals surface area (Å²) in [5.41, 5.74) is 1.86. The van der Waals surface area contributed by atoms with Crippen molar-refractivity contribution in [2.45, 2.75) is 12.6 Å². The van der Waals surface area contributed by atoms with Gasteiger partial charge in [0.15, 0.2) is 0 Å². The van der Waals surface area contributed by atoms with E-state index in [2.05, 4.69) is 19.9 Å². The molecule has 102 valence electrons. The number of β-amino-alcohol motifs (C(OH)–C–C–N with tert-alkyl or cyclic N) is 1. The second-order valence-corrected chi connectivity index (χ2v) is 4.97. The van der Waals surface area contributed by atoms with E-state index in [0.717, 1.165) is 5.56 Å². The minimum Gasteiger partial charge on any atom is -0.396 e. The van der Waals surface area contributed by atoms with Gasteiger partial charge in [0.05, 0.1) is 17.9 Å². The van der Waals surface area contributed by atoms with E-state index in [1.807, 2.05) is 0 Å². The number of nitrogens with one attached hydrogen (secondary N) is 2. The lowest BCUT2D eigenvalue weighted by Gasteiger charge is -2.13. The van der Waals surface area contributed by atoms with Crippen LogP contribution in [0.2, 0.25) is 0 Å². The van der Waals surface area contributed by atoms with E-state index in [-0.39, 0.29) is 18.1 Å². The van der Waals surface area contributed by atoms with Crippen molar-refractivity contribution in [1.29, 1.82) is 0 Å². The Kier molecular flexibility index (Phi) is 3.09. The zero-order chi connectivity index (χ0) is 13.4. The molecule has 0 bridgehead atoms. The Bertz CT molecular complexity index is 635. The Morgan fingerprint density at radius 3 is 3.00 bits per heavy atom. The summed E-state index contributed by atoms with van der Waals surface area (Å²) < 4.78 is 0. The van der Waals surface area contributed by atoms with Gasteiger partial charge >= 0.3 is 0 Å². The lowest BCUT2D eigenvalue weighted by atomic mass is 10.1. The molecule has 1 aliphatic heterocycles. The second-order valence-electron chi connectivity index (χ2n) is 4.97. The first-order chi connectivity index (χ1) is 9.19. The summed E-state index contributed by atoms with van der Waals surface area (Å²) in [5, 5.41) is 18.9. The van der Waals surface area contributed by atoms with Gasteiger partial charge in [-0.3, -0.25) is 9.69 Å². The molecule has 7 heteroatoms. The largest absolute Gasteiger partial charge is 0.396 e. The van der Waals surface area contributed by atoms with Gasteiger partial charge in [0.25, 0.3) is 5.56 Å². The number of H-pyrrole nitrogens is 2. The van der Waals surface area contributed by atoms with Crippen LogP contribution in [0, 0.1) is 5.92 Å². The molecule has 1 saturated heterocycles. The van der Waals surface area contributed by atoms with E-state index < -0.39 is 6.10 Å². The monoisotopic (exact) mass is 264 g/mol. The van der Waals surface area contributed by atoms with Crippen molar-refractivity contribution in [2.24, 2.45) is 5.92 Å². The first-order valence-electron chi connectivity index (χ1n) is 6.24. The fraction of sp³-hybridized carbons (Fsp3) is 0.500. The van der Waals surface area contributed by atoms with Crippen molar-refractivity contribution >= 4 is 11.0 Å². The molecule has 4 N–H and O–H groups in total. The number of hydrogen-bond acceptors (Lipinski definition) is 5. The number of aromatic amines is 2. The van der Waals surface area contributed by atoms with Crippen LogP contribution in [-0.4, -0.2) is 55.9 Å². The molecular weight excluding hydrogens is 248 g/mol. The maximum Gasteiger partial charge on any atom is 0.275 e. The number of aliphatic hydroxyl groups excluding tert-OH is 2. The molecule has 1 unspecified atom stereocenters. The molecule has 2 aromatic heterocycles. The zero-order valence-electron chi connectivity index (χ0n) is 10.3. The fourth-order valence-corrected chi connectivity index (χ4v) is 2.62. The molecule has 0 aliphatic carbocycles. The Balaban J connectivity index is 1.83. The lowest BCUT2D eigenvalue weighted by Crippen LogP contribution is -2.21. The maximum atomic E-state index is 11.6. The second kappa shape index (κ2) is 4.76. The van der Waals surface area contributed by atoms with Gasteiger partial charge in [-0.2, -0.15) is 0 Å².